The van der Waals surface area contributed by atoms with Crippen molar-refractivity contribution in [1.29, 1.82) is 0 Å². The maximum Gasteiger partial charge on any atom is 0.274 e. The van der Waals surface area contributed by atoms with Crippen LogP contribution >= 0.6 is 11.3 Å². The van der Waals surface area contributed by atoms with Gasteiger partial charge in [0.2, 0.25) is 0 Å². The number of rotatable bonds is 5. The summed E-state index contributed by atoms with van der Waals surface area (Å²) in [5.74, 6) is 1.13. The van der Waals surface area contributed by atoms with Gasteiger partial charge in [0.15, 0.2) is 4.80 Å². The second-order valence-corrected chi connectivity index (χ2v) is 9.31. The molecule has 3 heterocycles. The van der Waals surface area contributed by atoms with Gasteiger partial charge in [-0.1, -0.05) is 72.0 Å². The van der Waals surface area contributed by atoms with Gasteiger partial charge in [0.1, 0.15) is 17.1 Å². The van der Waals surface area contributed by atoms with Gasteiger partial charge in [0.25, 0.3) is 5.56 Å². The number of ether oxygens (including phenoxy) is 2. The largest absolute Gasteiger partial charge is 0.496 e. The Hall–Kier alpha value is -4.36. The summed E-state index contributed by atoms with van der Waals surface area (Å²) in [6, 6.07) is 23.2. The molecule has 1 atom stereocenters. The van der Waals surface area contributed by atoms with Crippen LogP contribution in [0.25, 0.3) is 22.7 Å². The van der Waals surface area contributed by atoms with E-state index in [9.17, 15) is 4.79 Å². The highest BCUT2D eigenvalue weighted by Crippen LogP contribution is 2.43. The van der Waals surface area contributed by atoms with E-state index in [-0.39, 0.29) is 11.6 Å². The molecule has 5 aromatic rings. The molecule has 0 aliphatic carbocycles. The third-order valence-electron chi connectivity index (χ3n) is 6.21. The average Bonchev–Trinajstić information content (AvgIpc) is 3.52. The Kier molecular flexibility index (Phi) is 5.54. The van der Waals surface area contributed by atoms with Crippen LogP contribution in [0.4, 0.5) is 0 Å². The van der Waals surface area contributed by atoms with E-state index in [1.54, 1.807) is 25.0 Å². The Morgan fingerprint density at radius 1 is 1.00 bits per heavy atom. The first-order valence-corrected chi connectivity index (χ1v) is 12.3. The minimum atomic E-state index is -0.279. The summed E-state index contributed by atoms with van der Waals surface area (Å²) in [5, 5.41) is 0.800. The third-order valence-corrected chi connectivity index (χ3v) is 7.19. The monoisotopic (exact) mass is 494 g/mol. The highest BCUT2D eigenvalue weighted by Gasteiger charge is 2.27. The molecule has 0 spiro atoms. The summed E-state index contributed by atoms with van der Waals surface area (Å²) in [5.41, 5.74) is 3.82. The molecule has 0 fully saturated rings. The molecule has 3 aromatic carbocycles. The Balaban J connectivity index is 1.68. The van der Waals surface area contributed by atoms with Crippen LogP contribution < -0.4 is 24.4 Å². The van der Waals surface area contributed by atoms with Crippen LogP contribution in [0, 0.1) is 0 Å². The minimum absolute atomic E-state index is 0.142. The van der Waals surface area contributed by atoms with E-state index in [1.165, 1.54) is 11.3 Å². The van der Waals surface area contributed by atoms with Gasteiger partial charge >= 0.3 is 0 Å². The highest BCUT2D eigenvalue weighted by molar-refractivity contribution is 7.07. The van der Waals surface area contributed by atoms with Crippen LogP contribution in [0.3, 0.4) is 0 Å². The van der Waals surface area contributed by atoms with Gasteiger partial charge in [-0.15, -0.1) is 0 Å². The Bertz CT molecular complexity index is 1780. The maximum atomic E-state index is 13.8. The number of fused-ring (bicyclic) bond motifs is 2. The van der Waals surface area contributed by atoms with Gasteiger partial charge in [0.05, 0.1) is 47.7 Å². The van der Waals surface area contributed by atoms with Crippen molar-refractivity contribution in [2.24, 2.45) is 4.99 Å². The van der Waals surface area contributed by atoms with Crippen molar-refractivity contribution in [1.82, 2.24) is 4.57 Å². The van der Waals surface area contributed by atoms with Crippen molar-refractivity contribution in [2.45, 2.75) is 6.04 Å². The van der Waals surface area contributed by atoms with Gasteiger partial charge in [-0.05, 0) is 29.3 Å². The van der Waals surface area contributed by atoms with E-state index in [0.29, 0.717) is 37.7 Å². The first-order valence-electron chi connectivity index (χ1n) is 11.4. The summed E-state index contributed by atoms with van der Waals surface area (Å²) in [7, 11) is 3.21. The summed E-state index contributed by atoms with van der Waals surface area (Å²) in [4.78, 5) is 19.4. The Labute approximate surface area is 210 Å². The van der Waals surface area contributed by atoms with Gasteiger partial charge in [0, 0.05) is 6.07 Å². The number of methoxy groups -OCH3 is 2. The molecule has 178 valence electrons. The maximum absolute atomic E-state index is 13.8. The summed E-state index contributed by atoms with van der Waals surface area (Å²) in [6.45, 7) is 0. The molecule has 0 radical (unpaired) electrons. The molecule has 1 aliphatic rings. The van der Waals surface area contributed by atoms with Crippen LogP contribution in [0.2, 0.25) is 0 Å². The molecule has 0 saturated carbocycles. The SMILES string of the molecule is COc1cc2occc2c(OC)c1C1=CC(c2ccccc2)N=c2s/c(=C/c3ccccc3)c(=O)n21. The predicted molar refractivity (Wildman–Crippen MR) is 141 cm³/mol. The van der Waals surface area contributed by atoms with E-state index in [2.05, 4.69) is 0 Å². The van der Waals surface area contributed by atoms with Crippen molar-refractivity contribution in [3.05, 3.63) is 122 Å². The average molecular weight is 495 g/mol. The standard InChI is InChI=1S/C29H22N2O4S/c1-33-24-17-23-20(13-14-35-23)27(34-2)26(24)22-16-21(19-11-7-4-8-12-19)30-29-31(22)28(32)25(36-29)15-18-9-5-3-6-10-18/h3-17,21H,1-2H3/b25-15+. The summed E-state index contributed by atoms with van der Waals surface area (Å²) < 4.78 is 19.6. The normalized spacial score (nSPS) is 15.3. The molecule has 1 unspecified atom stereocenters. The van der Waals surface area contributed by atoms with Crippen molar-refractivity contribution in [3.8, 4) is 11.5 Å². The molecule has 0 N–H and O–H groups in total. The van der Waals surface area contributed by atoms with Crippen molar-refractivity contribution in [2.75, 3.05) is 14.2 Å². The second kappa shape index (κ2) is 9.02. The van der Waals surface area contributed by atoms with Crippen molar-refractivity contribution >= 4 is 34.1 Å². The Morgan fingerprint density at radius 3 is 2.47 bits per heavy atom. The van der Waals surface area contributed by atoms with Gasteiger partial charge in [-0.25, -0.2) is 4.99 Å². The highest BCUT2D eigenvalue weighted by atomic mass is 32.1. The van der Waals surface area contributed by atoms with Crippen LogP contribution in [-0.2, 0) is 0 Å². The topological polar surface area (TPSA) is 66.0 Å². The molecule has 0 amide bonds. The van der Waals surface area contributed by atoms with Crippen LogP contribution in [-0.4, -0.2) is 18.8 Å². The molecule has 1 aliphatic heterocycles. The van der Waals surface area contributed by atoms with Gasteiger partial charge < -0.3 is 13.9 Å². The number of nitrogens with zero attached hydrogens (tertiary/aromatic N) is 2. The van der Waals surface area contributed by atoms with Crippen LogP contribution in [0.15, 0.2) is 99.3 Å². The molecule has 7 heteroatoms. The van der Waals surface area contributed by atoms with E-state index >= 15 is 0 Å². The fourth-order valence-corrected chi connectivity index (χ4v) is 5.55. The van der Waals surface area contributed by atoms with E-state index in [0.717, 1.165) is 16.5 Å². The molecule has 2 aromatic heterocycles. The molecular formula is C29H22N2O4S. The third kappa shape index (κ3) is 3.65. The smallest absolute Gasteiger partial charge is 0.274 e. The zero-order valence-electron chi connectivity index (χ0n) is 19.7. The number of aromatic nitrogens is 1. The lowest BCUT2D eigenvalue weighted by atomic mass is 10.00. The van der Waals surface area contributed by atoms with Gasteiger partial charge in [-0.3, -0.25) is 9.36 Å². The quantitative estimate of drug-likeness (QED) is 0.353. The van der Waals surface area contributed by atoms with E-state index in [4.69, 9.17) is 18.9 Å². The lowest BCUT2D eigenvalue weighted by molar-refractivity contribution is 0.394. The molecular weight excluding hydrogens is 472 g/mol. The van der Waals surface area contributed by atoms with E-state index in [1.807, 2.05) is 84.9 Å². The van der Waals surface area contributed by atoms with Gasteiger partial charge in [-0.2, -0.15) is 0 Å². The molecule has 6 nitrogen and oxygen atoms in total. The summed E-state index contributed by atoms with van der Waals surface area (Å²) in [6.07, 6.45) is 5.51. The first-order chi connectivity index (χ1) is 17.7. The fourth-order valence-electron chi connectivity index (χ4n) is 4.54. The van der Waals surface area contributed by atoms with Crippen molar-refractivity contribution < 1.29 is 13.9 Å². The Morgan fingerprint density at radius 2 is 1.75 bits per heavy atom. The lowest BCUT2D eigenvalue weighted by Crippen LogP contribution is -2.33. The molecule has 36 heavy (non-hydrogen) atoms. The van der Waals surface area contributed by atoms with Crippen LogP contribution in [0.1, 0.15) is 22.7 Å². The number of hydrogen-bond acceptors (Lipinski definition) is 6. The van der Waals surface area contributed by atoms with E-state index < -0.39 is 0 Å². The molecule has 6 rings (SSSR count). The summed E-state index contributed by atoms with van der Waals surface area (Å²) >= 11 is 1.37. The second-order valence-electron chi connectivity index (χ2n) is 8.30. The number of thiazole rings is 1. The zero-order valence-corrected chi connectivity index (χ0v) is 20.5. The number of hydrogen-bond donors (Lipinski definition) is 0. The minimum Gasteiger partial charge on any atom is -0.496 e. The first kappa shape index (κ1) is 22.1. The molecule has 0 saturated heterocycles. The zero-order chi connectivity index (χ0) is 24.6. The van der Waals surface area contributed by atoms with Crippen LogP contribution in [0.5, 0.6) is 11.5 Å². The lowest BCUT2D eigenvalue weighted by Gasteiger charge is -2.21. The molecule has 0 bridgehead atoms. The number of benzene rings is 3. The predicted octanol–water partition coefficient (Wildman–Crippen LogP) is 4.77. The van der Waals surface area contributed by atoms with Crippen molar-refractivity contribution in [3.63, 3.8) is 0 Å². The fraction of sp³-hybridized carbons (Fsp3) is 0.103. The number of furan rings is 1.